The Kier molecular flexibility index (Phi) is 11.3. The zero-order valence-electron chi connectivity index (χ0n) is 24.2. The van der Waals surface area contributed by atoms with Gasteiger partial charge in [-0.1, -0.05) is 95.5 Å². The minimum atomic E-state index is -4.22. The van der Waals surface area contributed by atoms with Crippen LogP contribution in [0.25, 0.3) is 0 Å². The lowest BCUT2D eigenvalue weighted by atomic mass is 10.0. The molecule has 0 aliphatic rings. The van der Waals surface area contributed by atoms with E-state index in [4.69, 9.17) is 34.8 Å². The molecule has 4 aromatic rings. The largest absolute Gasteiger partial charge is 0.355 e. The van der Waals surface area contributed by atoms with Crippen molar-refractivity contribution in [2.45, 2.75) is 37.8 Å². The number of sulfonamides is 1. The molecule has 0 aromatic heterocycles. The number of aryl methyl sites for hydroxylation is 1. The van der Waals surface area contributed by atoms with Crippen molar-refractivity contribution in [3.8, 4) is 0 Å². The van der Waals surface area contributed by atoms with Crippen LogP contribution in [0, 0.1) is 6.92 Å². The Labute approximate surface area is 273 Å². The number of hydrogen-bond acceptors (Lipinski definition) is 4. The molecule has 7 nitrogen and oxygen atoms in total. The molecule has 0 saturated carbocycles. The number of carbonyl (C=O) groups is 2. The van der Waals surface area contributed by atoms with Crippen molar-refractivity contribution in [3.05, 3.63) is 129 Å². The van der Waals surface area contributed by atoms with Crippen molar-refractivity contribution in [2.75, 3.05) is 17.4 Å². The summed E-state index contributed by atoms with van der Waals surface area (Å²) >= 11 is 18.9. The van der Waals surface area contributed by atoms with Crippen LogP contribution in [0.1, 0.15) is 23.6 Å². The van der Waals surface area contributed by atoms with Crippen molar-refractivity contribution in [3.63, 3.8) is 0 Å². The lowest BCUT2D eigenvalue weighted by Gasteiger charge is -2.34. The minimum absolute atomic E-state index is 0.00471. The average Bonchev–Trinajstić information content (AvgIpc) is 3.01. The number of benzene rings is 4. The van der Waals surface area contributed by atoms with Crippen LogP contribution in [0.5, 0.6) is 0 Å². The summed E-state index contributed by atoms with van der Waals surface area (Å²) in [5.41, 5.74) is 2.41. The first kappa shape index (κ1) is 33.3. The molecule has 4 aromatic carbocycles. The van der Waals surface area contributed by atoms with Crippen molar-refractivity contribution in [1.82, 2.24) is 10.2 Å². The maximum Gasteiger partial charge on any atom is 0.264 e. The molecule has 2 amide bonds. The summed E-state index contributed by atoms with van der Waals surface area (Å²) in [6.07, 6.45) is 0.196. The van der Waals surface area contributed by atoms with E-state index < -0.39 is 28.5 Å². The van der Waals surface area contributed by atoms with E-state index in [0.29, 0.717) is 22.2 Å². The average molecular weight is 673 g/mol. The number of carbonyl (C=O) groups excluding carboxylic acids is 2. The quantitative estimate of drug-likeness (QED) is 0.177. The zero-order valence-corrected chi connectivity index (χ0v) is 27.3. The van der Waals surface area contributed by atoms with Crippen molar-refractivity contribution in [2.24, 2.45) is 0 Å². The molecule has 1 atom stereocenters. The fraction of sp³-hybridized carbons (Fsp3) is 0.212. The molecule has 11 heteroatoms. The highest BCUT2D eigenvalue weighted by Crippen LogP contribution is 2.29. The molecule has 230 valence electrons. The molecule has 4 rings (SSSR count). The van der Waals surface area contributed by atoms with Crippen LogP contribution in [0.15, 0.2) is 102 Å². The molecular formula is C33H32Cl3N3O4S. The highest BCUT2D eigenvalue weighted by Gasteiger charge is 2.34. The SMILES string of the molecule is CCNC(=O)C(Cc1ccccc1)N(Cc1ccc(Cl)c(Cl)c1)C(=O)CN(c1ccc(C)c(Cl)c1)S(=O)(=O)c1ccccc1. The lowest BCUT2D eigenvalue weighted by Crippen LogP contribution is -2.53. The van der Waals surface area contributed by atoms with Gasteiger partial charge in [0.2, 0.25) is 11.8 Å². The van der Waals surface area contributed by atoms with Gasteiger partial charge in [-0.2, -0.15) is 0 Å². The molecule has 0 aliphatic carbocycles. The number of nitrogens with one attached hydrogen (secondary N) is 1. The summed E-state index contributed by atoms with van der Waals surface area (Å²) in [5.74, 6) is -0.972. The van der Waals surface area contributed by atoms with Gasteiger partial charge >= 0.3 is 0 Å². The Hall–Kier alpha value is -3.56. The molecule has 0 aliphatic heterocycles. The molecule has 0 radical (unpaired) electrons. The van der Waals surface area contributed by atoms with E-state index in [1.807, 2.05) is 30.3 Å². The second kappa shape index (κ2) is 14.9. The monoisotopic (exact) mass is 671 g/mol. The number of nitrogens with zero attached hydrogens (tertiary/aromatic N) is 2. The number of halogens is 3. The fourth-order valence-electron chi connectivity index (χ4n) is 4.67. The minimum Gasteiger partial charge on any atom is -0.355 e. The van der Waals surface area contributed by atoms with Gasteiger partial charge in [-0.25, -0.2) is 8.42 Å². The second-order valence-electron chi connectivity index (χ2n) is 10.1. The summed E-state index contributed by atoms with van der Waals surface area (Å²) in [7, 11) is -4.22. The maximum atomic E-state index is 14.4. The first-order valence-corrected chi connectivity index (χ1v) is 16.5. The Morgan fingerprint density at radius 2 is 1.45 bits per heavy atom. The molecule has 0 heterocycles. The molecule has 44 heavy (non-hydrogen) atoms. The third kappa shape index (κ3) is 8.12. The van der Waals surface area contributed by atoms with Crippen LogP contribution in [0.4, 0.5) is 5.69 Å². The normalized spacial score (nSPS) is 11.9. The van der Waals surface area contributed by atoms with Crippen LogP contribution in [0.2, 0.25) is 15.1 Å². The molecule has 1 unspecified atom stereocenters. The van der Waals surface area contributed by atoms with E-state index in [1.165, 1.54) is 23.1 Å². The van der Waals surface area contributed by atoms with Crippen LogP contribution in [0.3, 0.4) is 0 Å². The Bertz CT molecular complexity index is 1720. The summed E-state index contributed by atoms with van der Waals surface area (Å²) in [4.78, 5) is 29.4. The van der Waals surface area contributed by atoms with Crippen LogP contribution >= 0.6 is 34.8 Å². The van der Waals surface area contributed by atoms with Gasteiger partial charge in [-0.3, -0.25) is 13.9 Å². The number of anilines is 1. The van der Waals surface area contributed by atoms with E-state index in [-0.39, 0.29) is 34.5 Å². The first-order valence-electron chi connectivity index (χ1n) is 13.9. The molecule has 0 spiro atoms. The van der Waals surface area contributed by atoms with Crippen molar-refractivity contribution < 1.29 is 18.0 Å². The van der Waals surface area contributed by atoms with E-state index in [1.54, 1.807) is 62.4 Å². The van der Waals surface area contributed by atoms with E-state index in [0.717, 1.165) is 15.4 Å². The van der Waals surface area contributed by atoms with Gasteiger partial charge < -0.3 is 10.2 Å². The fourth-order valence-corrected chi connectivity index (χ4v) is 6.59. The van der Waals surface area contributed by atoms with Crippen molar-refractivity contribution >= 4 is 62.3 Å². The Morgan fingerprint density at radius 3 is 2.07 bits per heavy atom. The van der Waals surface area contributed by atoms with E-state index in [2.05, 4.69) is 5.32 Å². The zero-order chi connectivity index (χ0) is 31.9. The van der Waals surface area contributed by atoms with Gasteiger partial charge in [0.1, 0.15) is 12.6 Å². The van der Waals surface area contributed by atoms with Gasteiger partial charge in [0.25, 0.3) is 10.0 Å². The number of likely N-dealkylation sites (N-methyl/N-ethyl adjacent to an activating group) is 1. The highest BCUT2D eigenvalue weighted by molar-refractivity contribution is 7.92. The Morgan fingerprint density at radius 1 is 0.795 bits per heavy atom. The third-order valence-electron chi connectivity index (χ3n) is 7.01. The van der Waals surface area contributed by atoms with Gasteiger partial charge in [0, 0.05) is 24.5 Å². The molecule has 1 N–H and O–H groups in total. The van der Waals surface area contributed by atoms with Crippen LogP contribution < -0.4 is 9.62 Å². The summed E-state index contributed by atoms with van der Waals surface area (Å²) < 4.78 is 29.1. The molecule has 0 saturated heterocycles. The van der Waals surface area contributed by atoms with Crippen LogP contribution in [-0.2, 0) is 32.6 Å². The van der Waals surface area contributed by atoms with Gasteiger partial charge in [-0.05, 0) is 66.9 Å². The molecular weight excluding hydrogens is 641 g/mol. The summed E-state index contributed by atoms with van der Waals surface area (Å²) in [5, 5.41) is 3.81. The summed E-state index contributed by atoms with van der Waals surface area (Å²) in [6.45, 7) is 3.31. The van der Waals surface area contributed by atoms with Crippen molar-refractivity contribution in [1.29, 1.82) is 0 Å². The van der Waals surface area contributed by atoms with E-state index in [9.17, 15) is 18.0 Å². The van der Waals surface area contributed by atoms with Gasteiger partial charge in [-0.15, -0.1) is 0 Å². The van der Waals surface area contributed by atoms with Gasteiger partial charge in [0.15, 0.2) is 0 Å². The topological polar surface area (TPSA) is 86.8 Å². The highest BCUT2D eigenvalue weighted by atomic mass is 35.5. The third-order valence-corrected chi connectivity index (χ3v) is 9.95. The predicted molar refractivity (Wildman–Crippen MR) is 177 cm³/mol. The van der Waals surface area contributed by atoms with Crippen LogP contribution in [-0.4, -0.2) is 44.3 Å². The number of hydrogen-bond donors (Lipinski definition) is 1. The van der Waals surface area contributed by atoms with E-state index >= 15 is 0 Å². The lowest BCUT2D eigenvalue weighted by molar-refractivity contribution is -0.140. The number of amides is 2. The second-order valence-corrected chi connectivity index (χ2v) is 13.2. The smallest absolute Gasteiger partial charge is 0.264 e. The predicted octanol–water partition coefficient (Wildman–Crippen LogP) is 6.93. The van der Waals surface area contributed by atoms with Gasteiger partial charge in [0.05, 0.1) is 20.6 Å². The molecule has 0 bridgehead atoms. The standard InChI is InChI=1S/C33H32Cl3N3O4S/c1-3-37-33(41)31(19-24-10-6-4-7-11-24)38(21-25-15-17-28(34)30(36)18-25)32(40)22-39(26-16-14-23(2)29(35)20-26)44(42,43)27-12-8-5-9-13-27/h4-18,20,31H,3,19,21-22H2,1-2H3,(H,37,41). The number of rotatable bonds is 12. The first-order chi connectivity index (χ1) is 21.0. The summed E-state index contributed by atoms with van der Waals surface area (Å²) in [6, 6.07) is 25.9. The maximum absolute atomic E-state index is 14.4. The Balaban J connectivity index is 1.82. The molecule has 0 fully saturated rings.